The number of aromatic nitrogens is 1. The maximum absolute atomic E-state index is 13.3. The van der Waals surface area contributed by atoms with Crippen molar-refractivity contribution in [3.05, 3.63) is 58.7 Å². The summed E-state index contributed by atoms with van der Waals surface area (Å²) in [7, 11) is 0. The number of nitrogens with zero attached hydrogens (tertiary/aromatic N) is 2. The van der Waals surface area contributed by atoms with Crippen molar-refractivity contribution in [2.75, 3.05) is 25.9 Å². The van der Waals surface area contributed by atoms with Crippen molar-refractivity contribution in [3.63, 3.8) is 0 Å². The Bertz CT molecular complexity index is 952. The number of halogens is 1. The van der Waals surface area contributed by atoms with Gasteiger partial charge >= 0.3 is 0 Å². The fourth-order valence-corrected chi connectivity index (χ4v) is 5.69. The summed E-state index contributed by atoms with van der Waals surface area (Å²) in [6.07, 6.45) is 9.37. The minimum atomic E-state index is -0.435. The average Bonchev–Trinajstić information content (AvgIpc) is 3.34. The maximum atomic E-state index is 13.3. The van der Waals surface area contributed by atoms with Crippen molar-refractivity contribution in [1.29, 1.82) is 0 Å². The minimum Gasteiger partial charge on any atom is -0.355 e. The molecule has 0 unspecified atom stereocenters. The van der Waals surface area contributed by atoms with E-state index in [-0.39, 0.29) is 11.8 Å². The number of likely N-dealkylation sites (tertiary alicyclic amines) is 1. The first-order valence-corrected chi connectivity index (χ1v) is 13.0. The highest BCUT2D eigenvalue weighted by Gasteiger charge is 2.42. The van der Waals surface area contributed by atoms with Gasteiger partial charge in [0.1, 0.15) is 5.03 Å². The number of benzene rings is 1. The molecule has 1 aromatic heterocycles. The van der Waals surface area contributed by atoms with Gasteiger partial charge in [-0.2, -0.15) is 0 Å². The number of thioether (sulfide) groups is 1. The van der Waals surface area contributed by atoms with E-state index in [1.54, 1.807) is 6.20 Å². The fourth-order valence-electron chi connectivity index (χ4n) is 5.03. The Morgan fingerprint density at radius 2 is 1.84 bits per heavy atom. The quantitative estimate of drug-likeness (QED) is 0.606. The summed E-state index contributed by atoms with van der Waals surface area (Å²) in [6.45, 7) is 2.09. The van der Waals surface area contributed by atoms with Gasteiger partial charge in [-0.05, 0) is 67.7 Å². The van der Waals surface area contributed by atoms with Gasteiger partial charge in [0.15, 0.2) is 0 Å². The van der Waals surface area contributed by atoms with Crippen molar-refractivity contribution >= 4 is 35.2 Å². The van der Waals surface area contributed by atoms with E-state index >= 15 is 0 Å². The monoisotopic (exact) mass is 471 g/mol. The van der Waals surface area contributed by atoms with Crippen LogP contribution < -0.4 is 5.32 Å². The van der Waals surface area contributed by atoms with Crippen LogP contribution in [-0.4, -0.2) is 47.6 Å². The summed E-state index contributed by atoms with van der Waals surface area (Å²) in [5.74, 6) is 0.578. The zero-order valence-corrected chi connectivity index (χ0v) is 20.1. The molecule has 2 fully saturated rings. The molecule has 0 spiro atoms. The normalized spacial score (nSPS) is 18.5. The zero-order chi connectivity index (χ0) is 22.6. The zero-order valence-electron chi connectivity index (χ0n) is 18.5. The number of amides is 2. The topological polar surface area (TPSA) is 62.3 Å². The smallest absolute Gasteiger partial charge is 0.256 e. The van der Waals surface area contributed by atoms with Gasteiger partial charge in [0, 0.05) is 30.9 Å². The number of nitrogens with one attached hydrogen (secondary N) is 1. The SMILES string of the molecule is CSc1ncccc1C(=O)N1CCC(CNC(=O)C2(c3ccc(Cl)cc3)CCCC2)CC1. The van der Waals surface area contributed by atoms with Gasteiger partial charge in [-0.3, -0.25) is 9.59 Å². The van der Waals surface area contributed by atoms with E-state index in [0.717, 1.165) is 49.1 Å². The molecule has 32 heavy (non-hydrogen) atoms. The molecule has 0 atom stereocenters. The lowest BCUT2D eigenvalue weighted by Gasteiger charge is -2.34. The summed E-state index contributed by atoms with van der Waals surface area (Å²) >= 11 is 7.56. The summed E-state index contributed by atoms with van der Waals surface area (Å²) in [5, 5.41) is 4.72. The van der Waals surface area contributed by atoms with Crippen LogP contribution in [0.2, 0.25) is 5.02 Å². The van der Waals surface area contributed by atoms with Crippen molar-refractivity contribution in [1.82, 2.24) is 15.2 Å². The molecule has 1 saturated carbocycles. The molecule has 2 aromatic rings. The Labute approximate surface area is 199 Å². The van der Waals surface area contributed by atoms with Gasteiger partial charge in [0.2, 0.25) is 5.91 Å². The van der Waals surface area contributed by atoms with E-state index in [9.17, 15) is 9.59 Å². The first-order valence-electron chi connectivity index (χ1n) is 11.4. The van der Waals surface area contributed by atoms with Crippen LogP contribution in [0.5, 0.6) is 0 Å². The van der Waals surface area contributed by atoms with Gasteiger partial charge in [-0.15, -0.1) is 11.8 Å². The lowest BCUT2D eigenvalue weighted by atomic mass is 9.78. The van der Waals surface area contributed by atoms with Crippen molar-refractivity contribution < 1.29 is 9.59 Å². The maximum Gasteiger partial charge on any atom is 0.256 e. The van der Waals surface area contributed by atoms with Crippen LogP contribution in [0.1, 0.15) is 54.4 Å². The number of pyridine rings is 1. The number of carbonyl (C=O) groups is 2. The Balaban J connectivity index is 1.33. The molecule has 170 valence electrons. The molecule has 2 heterocycles. The lowest BCUT2D eigenvalue weighted by Crippen LogP contribution is -2.46. The summed E-state index contributed by atoms with van der Waals surface area (Å²) in [6, 6.07) is 11.4. The first-order chi connectivity index (χ1) is 15.5. The highest BCUT2D eigenvalue weighted by atomic mass is 35.5. The van der Waals surface area contributed by atoms with E-state index < -0.39 is 5.41 Å². The molecule has 2 aliphatic rings. The van der Waals surface area contributed by atoms with Crippen LogP contribution in [0.15, 0.2) is 47.6 Å². The Hall–Kier alpha value is -2.05. The third kappa shape index (κ3) is 4.81. The molecule has 1 aliphatic carbocycles. The number of carbonyl (C=O) groups excluding carboxylic acids is 2. The van der Waals surface area contributed by atoms with Crippen molar-refractivity contribution in [2.24, 2.45) is 5.92 Å². The molecule has 1 aliphatic heterocycles. The number of rotatable bonds is 6. The lowest BCUT2D eigenvalue weighted by molar-refractivity contribution is -0.126. The molecule has 4 rings (SSSR count). The van der Waals surface area contributed by atoms with E-state index in [1.807, 2.05) is 47.6 Å². The summed E-state index contributed by atoms with van der Waals surface area (Å²) in [5.41, 5.74) is 1.31. The molecular weight excluding hydrogens is 442 g/mol. The highest BCUT2D eigenvalue weighted by molar-refractivity contribution is 7.98. The van der Waals surface area contributed by atoms with Gasteiger partial charge in [0.25, 0.3) is 5.91 Å². The molecule has 2 amide bonds. The third-order valence-corrected chi connectivity index (χ3v) is 7.90. The van der Waals surface area contributed by atoms with Gasteiger partial charge < -0.3 is 10.2 Å². The molecule has 1 N–H and O–H groups in total. The van der Waals surface area contributed by atoms with Gasteiger partial charge in [0.05, 0.1) is 11.0 Å². The van der Waals surface area contributed by atoms with E-state index in [2.05, 4.69) is 10.3 Å². The molecule has 1 saturated heterocycles. The van der Waals surface area contributed by atoms with Gasteiger partial charge in [-0.25, -0.2) is 4.98 Å². The van der Waals surface area contributed by atoms with Crippen LogP contribution in [0.3, 0.4) is 0 Å². The second-order valence-electron chi connectivity index (χ2n) is 8.80. The van der Waals surface area contributed by atoms with E-state index in [1.165, 1.54) is 11.8 Å². The minimum absolute atomic E-state index is 0.0533. The molecule has 0 bridgehead atoms. The summed E-state index contributed by atoms with van der Waals surface area (Å²) in [4.78, 5) is 32.5. The fraction of sp³-hybridized carbons (Fsp3) is 0.480. The van der Waals surface area contributed by atoms with Crippen LogP contribution in [0.25, 0.3) is 0 Å². The van der Waals surface area contributed by atoms with E-state index in [4.69, 9.17) is 11.6 Å². The molecule has 7 heteroatoms. The molecule has 1 aromatic carbocycles. The first kappa shape index (κ1) is 23.1. The van der Waals surface area contributed by atoms with Crippen LogP contribution in [0.4, 0.5) is 0 Å². The predicted molar refractivity (Wildman–Crippen MR) is 129 cm³/mol. The Morgan fingerprint density at radius 3 is 2.50 bits per heavy atom. The molecule has 0 radical (unpaired) electrons. The average molecular weight is 472 g/mol. The van der Waals surface area contributed by atoms with Crippen LogP contribution in [0, 0.1) is 5.92 Å². The number of hydrogen-bond acceptors (Lipinski definition) is 4. The molecule has 5 nitrogen and oxygen atoms in total. The highest BCUT2D eigenvalue weighted by Crippen LogP contribution is 2.41. The largest absolute Gasteiger partial charge is 0.355 e. The Kier molecular flexibility index (Phi) is 7.41. The van der Waals surface area contributed by atoms with Crippen molar-refractivity contribution in [2.45, 2.75) is 49.0 Å². The second-order valence-corrected chi connectivity index (χ2v) is 10.0. The molecular formula is C25H30ClN3O2S. The van der Waals surface area contributed by atoms with E-state index in [0.29, 0.717) is 36.1 Å². The van der Waals surface area contributed by atoms with Crippen LogP contribution in [-0.2, 0) is 10.2 Å². The van der Waals surface area contributed by atoms with Gasteiger partial charge in [-0.1, -0.05) is 36.6 Å². The number of hydrogen-bond donors (Lipinski definition) is 1. The summed E-state index contributed by atoms with van der Waals surface area (Å²) < 4.78 is 0. The Morgan fingerprint density at radius 1 is 1.16 bits per heavy atom. The predicted octanol–water partition coefficient (Wildman–Crippen LogP) is 4.94. The number of piperidine rings is 1. The standard InChI is InChI=1S/C25H30ClN3O2S/c1-32-22-21(5-4-14-27-22)23(30)29-15-10-18(11-16-29)17-28-24(31)25(12-2-3-13-25)19-6-8-20(26)9-7-19/h4-9,14,18H,2-3,10-13,15-17H2,1H3,(H,28,31). The second kappa shape index (κ2) is 10.3. The van der Waals surface area contributed by atoms with Crippen LogP contribution >= 0.6 is 23.4 Å². The third-order valence-electron chi connectivity index (χ3n) is 6.94. The van der Waals surface area contributed by atoms with Crippen molar-refractivity contribution in [3.8, 4) is 0 Å².